The van der Waals surface area contributed by atoms with Crippen LogP contribution in [0.2, 0.25) is 18.1 Å². The average Bonchev–Trinajstić information content (AvgIpc) is 2.96. The van der Waals surface area contributed by atoms with Gasteiger partial charge in [-0.25, -0.2) is 4.57 Å². The first-order chi connectivity index (χ1) is 13.5. The van der Waals surface area contributed by atoms with Gasteiger partial charge >= 0.3 is 17.7 Å². The van der Waals surface area contributed by atoms with E-state index in [0.29, 0.717) is 6.61 Å². The third kappa shape index (κ3) is 6.57. The molecule has 13 heteroatoms. The standard InChI is InChI=1S/C17H31N5O7Si/c1-16(2,3)30(6,7)29-9-8-20(11-14(23)24)17(4,5)12-19-10-13(21(25)26)18-15(19)22(27)28/h10H,8-9,11-12H2,1-7H3,(H,23,24). The predicted octanol–water partition coefficient (Wildman–Crippen LogP) is 2.89. The van der Waals surface area contributed by atoms with Crippen molar-refractivity contribution in [2.45, 2.75) is 64.8 Å². The lowest BCUT2D eigenvalue weighted by molar-refractivity contribution is -0.403. The van der Waals surface area contributed by atoms with Crippen molar-refractivity contribution in [3.05, 3.63) is 26.4 Å². The molecule has 0 saturated heterocycles. The van der Waals surface area contributed by atoms with E-state index in [1.165, 1.54) is 0 Å². The van der Waals surface area contributed by atoms with Gasteiger partial charge in [0, 0.05) is 18.7 Å². The predicted molar refractivity (Wildman–Crippen MR) is 112 cm³/mol. The number of hydrogen-bond donors (Lipinski definition) is 1. The average molecular weight is 446 g/mol. The molecule has 1 rings (SSSR count). The van der Waals surface area contributed by atoms with Crippen LogP contribution in [0.4, 0.5) is 11.8 Å². The maximum atomic E-state index is 11.4. The van der Waals surface area contributed by atoms with E-state index in [1.54, 1.807) is 18.7 Å². The Morgan fingerprint density at radius 1 is 1.23 bits per heavy atom. The lowest BCUT2D eigenvalue weighted by Gasteiger charge is -2.39. The molecule has 0 spiro atoms. The molecular formula is C17H31N5O7Si. The van der Waals surface area contributed by atoms with Crippen molar-refractivity contribution in [2.24, 2.45) is 0 Å². The van der Waals surface area contributed by atoms with Crippen LogP contribution in [0.5, 0.6) is 0 Å². The van der Waals surface area contributed by atoms with Crippen molar-refractivity contribution in [3.63, 3.8) is 0 Å². The quantitative estimate of drug-likeness (QED) is 0.307. The van der Waals surface area contributed by atoms with Crippen LogP contribution >= 0.6 is 0 Å². The normalized spacial score (nSPS) is 12.9. The van der Waals surface area contributed by atoms with E-state index in [4.69, 9.17) is 4.43 Å². The minimum Gasteiger partial charge on any atom is -0.480 e. The Balaban J connectivity index is 3.06. The molecule has 0 radical (unpaired) electrons. The van der Waals surface area contributed by atoms with Gasteiger partial charge in [0.15, 0.2) is 14.5 Å². The third-order valence-corrected chi connectivity index (χ3v) is 10.0. The van der Waals surface area contributed by atoms with Crippen LogP contribution in [0.3, 0.4) is 0 Å². The van der Waals surface area contributed by atoms with Crippen LogP contribution in [0.1, 0.15) is 34.6 Å². The summed E-state index contributed by atoms with van der Waals surface area (Å²) in [5.41, 5.74) is -0.880. The largest absolute Gasteiger partial charge is 0.480 e. The highest BCUT2D eigenvalue weighted by Gasteiger charge is 2.38. The molecule has 0 bridgehead atoms. The first-order valence-corrected chi connectivity index (χ1v) is 12.4. The van der Waals surface area contributed by atoms with Gasteiger partial charge in [0.25, 0.3) is 0 Å². The molecule has 0 saturated carbocycles. The van der Waals surface area contributed by atoms with Gasteiger partial charge in [0.1, 0.15) is 0 Å². The fourth-order valence-electron chi connectivity index (χ4n) is 2.65. The van der Waals surface area contributed by atoms with Gasteiger partial charge in [-0.2, -0.15) is 0 Å². The Kier molecular flexibility index (Phi) is 7.85. The number of aromatic nitrogens is 2. The number of imidazole rings is 1. The number of carboxylic acids is 1. The summed E-state index contributed by atoms with van der Waals surface area (Å²) in [6.45, 7) is 14.2. The number of carboxylic acid groups (broad SMARTS) is 1. The highest BCUT2D eigenvalue weighted by molar-refractivity contribution is 6.74. The fraction of sp³-hybridized carbons (Fsp3) is 0.765. The Morgan fingerprint density at radius 2 is 1.80 bits per heavy atom. The van der Waals surface area contributed by atoms with Gasteiger partial charge in [-0.3, -0.25) is 9.69 Å². The molecule has 1 aromatic rings. The van der Waals surface area contributed by atoms with Crippen molar-refractivity contribution in [1.29, 1.82) is 0 Å². The van der Waals surface area contributed by atoms with E-state index in [2.05, 4.69) is 38.8 Å². The van der Waals surface area contributed by atoms with Gasteiger partial charge < -0.3 is 29.8 Å². The zero-order valence-electron chi connectivity index (χ0n) is 18.5. The van der Waals surface area contributed by atoms with Gasteiger partial charge in [-0.05, 0) is 46.8 Å². The van der Waals surface area contributed by atoms with Gasteiger partial charge in [0.05, 0.1) is 13.1 Å². The Bertz CT molecular complexity index is 801. The monoisotopic (exact) mass is 445 g/mol. The molecule has 12 nitrogen and oxygen atoms in total. The molecule has 0 aliphatic carbocycles. The zero-order valence-corrected chi connectivity index (χ0v) is 19.5. The number of hydrogen-bond acceptors (Lipinski definition) is 8. The third-order valence-electron chi connectivity index (χ3n) is 5.46. The minimum atomic E-state index is -2.03. The fourth-order valence-corrected chi connectivity index (χ4v) is 3.68. The van der Waals surface area contributed by atoms with Crippen molar-refractivity contribution >= 4 is 26.1 Å². The minimum absolute atomic E-state index is 0.00347. The topological polar surface area (TPSA) is 154 Å². The zero-order chi connectivity index (χ0) is 23.5. The summed E-state index contributed by atoms with van der Waals surface area (Å²) < 4.78 is 7.21. The molecular weight excluding hydrogens is 414 g/mol. The van der Waals surface area contributed by atoms with Crippen molar-refractivity contribution < 1.29 is 24.2 Å². The molecule has 170 valence electrons. The molecule has 0 aliphatic heterocycles. The lowest BCUT2D eigenvalue weighted by Crippen LogP contribution is -2.51. The molecule has 0 amide bonds. The smallest absolute Gasteiger partial charge is 0.439 e. The molecule has 1 N–H and O–H groups in total. The summed E-state index contributed by atoms with van der Waals surface area (Å²) in [5, 5.41) is 31.5. The second-order valence-electron chi connectivity index (χ2n) is 9.28. The Hall–Kier alpha value is -2.38. The van der Waals surface area contributed by atoms with Crippen LogP contribution in [0.25, 0.3) is 0 Å². The highest BCUT2D eigenvalue weighted by Crippen LogP contribution is 2.36. The van der Waals surface area contributed by atoms with E-state index in [1.807, 2.05) is 0 Å². The molecule has 0 aliphatic rings. The number of carbonyl (C=O) groups is 1. The van der Waals surface area contributed by atoms with Gasteiger partial charge in [-0.1, -0.05) is 20.8 Å². The molecule has 0 aromatic carbocycles. The second-order valence-corrected chi connectivity index (χ2v) is 14.1. The lowest BCUT2D eigenvalue weighted by atomic mass is 10.0. The van der Waals surface area contributed by atoms with Crippen molar-refractivity contribution in [2.75, 3.05) is 19.7 Å². The van der Waals surface area contributed by atoms with Gasteiger partial charge in [0.2, 0.25) is 0 Å². The molecule has 0 fully saturated rings. The van der Waals surface area contributed by atoms with E-state index >= 15 is 0 Å². The van der Waals surface area contributed by atoms with Crippen molar-refractivity contribution in [3.8, 4) is 0 Å². The summed E-state index contributed by atoms with van der Waals surface area (Å²) in [6.07, 6.45) is 0.991. The molecule has 1 aromatic heterocycles. The molecule has 0 atom stereocenters. The summed E-state index contributed by atoms with van der Waals surface area (Å²) in [6, 6.07) is 0. The molecule has 1 heterocycles. The number of aliphatic carboxylic acids is 1. The number of nitro groups is 2. The SMILES string of the molecule is CC(C)(Cn1cc([N+](=O)[O-])nc1[N+](=O)[O-])N(CCO[Si](C)(C)C(C)(C)C)CC(=O)O. The van der Waals surface area contributed by atoms with Crippen LogP contribution in [-0.4, -0.2) is 68.9 Å². The number of rotatable bonds is 11. The maximum Gasteiger partial charge on any atom is 0.439 e. The van der Waals surface area contributed by atoms with Crippen LogP contribution in [0.15, 0.2) is 6.20 Å². The number of nitrogens with zero attached hydrogens (tertiary/aromatic N) is 5. The highest BCUT2D eigenvalue weighted by atomic mass is 28.4. The van der Waals surface area contributed by atoms with Crippen LogP contribution in [0, 0.1) is 20.2 Å². The van der Waals surface area contributed by atoms with Gasteiger partial charge in [-0.15, -0.1) is 0 Å². The summed E-state index contributed by atoms with van der Waals surface area (Å²) in [7, 11) is -2.03. The maximum absolute atomic E-state index is 11.4. The first kappa shape index (κ1) is 25.7. The molecule has 30 heavy (non-hydrogen) atoms. The summed E-state index contributed by atoms with van der Waals surface area (Å²) in [5.74, 6) is -2.35. The van der Waals surface area contributed by atoms with E-state index in [-0.39, 0.29) is 24.7 Å². The first-order valence-electron chi connectivity index (χ1n) is 9.45. The summed E-state index contributed by atoms with van der Waals surface area (Å²) >= 11 is 0. The van der Waals surface area contributed by atoms with E-state index < -0.39 is 41.4 Å². The van der Waals surface area contributed by atoms with Crippen LogP contribution < -0.4 is 0 Å². The Labute approximate surface area is 176 Å². The second kappa shape index (κ2) is 9.18. The van der Waals surface area contributed by atoms with Crippen LogP contribution in [-0.2, 0) is 15.8 Å². The summed E-state index contributed by atoms with van der Waals surface area (Å²) in [4.78, 5) is 37.1. The van der Waals surface area contributed by atoms with E-state index in [9.17, 15) is 30.1 Å². The Morgan fingerprint density at radius 3 is 2.23 bits per heavy atom. The van der Waals surface area contributed by atoms with Crippen molar-refractivity contribution in [1.82, 2.24) is 14.5 Å². The van der Waals surface area contributed by atoms with E-state index in [0.717, 1.165) is 10.8 Å². The molecule has 0 unspecified atom stereocenters.